The van der Waals surface area contributed by atoms with Crippen LogP contribution in [-0.4, -0.2) is 20.7 Å². The first-order valence-electron chi connectivity index (χ1n) is 9.16. The van der Waals surface area contributed by atoms with Crippen LogP contribution in [-0.2, 0) is 6.54 Å². The molecule has 2 heterocycles. The minimum Gasteiger partial charge on any atom is -0.347 e. The van der Waals surface area contributed by atoms with Crippen molar-refractivity contribution in [1.29, 1.82) is 0 Å². The lowest BCUT2D eigenvalue weighted by Crippen LogP contribution is -2.23. The summed E-state index contributed by atoms with van der Waals surface area (Å²) in [6.45, 7) is 8.70. The highest BCUT2D eigenvalue weighted by atomic mass is 32.1. The maximum atomic E-state index is 14.6. The summed E-state index contributed by atoms with van der Waals surface area (Å²) in [5, 5.41) is 7.06. The summed E-state index contributed by atoms with van der Waals surface area (Å²) in [7, 11) is 0. The normalized spacial score (nSPS) is 10.6. The number of carbonyl (C=O) groups is 1. The lowest BCUT2D eigenvalue weighted by Gasteiger charge is -2.08. The molecule has 1 amide bonds. The van der Waals surface area contributed by atoms with Crippen LogP contribution >= 0.6 is 11.3 Å². The molecule has 0 aliphatic heterocycles. The summed E-state index contributed by atoms with van der Waals surface area (Å²) in [6.07, 6.45) is 1.64. The first-order valence-corrected chi connectivity index (χ1v) is 10.0. The van der Waals surface area contributed by atoms with Crippen LogP contribution < -0.4 is 5.32 Å². The zero-order valence-corrected chi connectivity index (χ0v) is 17.1. The quantitative estimate of drug-likeness (QED) is 0.446. The SMILES string of the molecule is [C-]#[N+]c1ccc(-c2ccn(-c3ccc(CNC(=O)c4scnc4C)c(F)c3)n2)cc1F. The molecule has 154 valence electrons. The Bertz CT molecular complexity index is 1320. The molecule has 2 aromatic carbocycles. The van der Waals surface area contributed by atoms with Gasteiger partial charge in [0.25, 0.3) is 5.91 Å². The fourth-order valence-corrected chi connectivity index (χ4v) is 3.70. The number of benzene rings is 2. The van der Waals surface area contributed by atoms with E-state index in [4.69, 9.17) is 6.57 Å². The van der Waals surface area contributed by atoms with Gasteiger partial charge in [0.2, 0.25) is 5.69 Å². The summed E-state index contributed by atoms with van der Waals surface area (Å²) >= 11 is 1.23. The number of aryl methyl sites for hydroxylation is 1. The van der Waals surface area contributed by atoms with Crippen molar-refractivity contribution in [2.75, 3.05) is 0 Å². The molecule has 2 aromatic heterocycles. The van der Waals surface area contributed by atoms with Crippen LogP contribution in [0.1, 0.15) is 20.9 Å². The molecular formula is C22H15F2N5OS. The summed E-state index contributed by atoms with van der Waals surface area (Å²) in [5.41, 5.74) is 3.99. The number of halogens is 2. The summed E-state index contributed by atoms with van der Waals surface area (Å²) < 4.78 is 29.9. The summed E-state index contributed by atoms with van der Waals surface area (Å²) in [5.74, 6) is -1.40. The van der Waals surface area contributed by atoms with Crippen LogP contribution in [0.4, 0.5) is 14.5 Å². The minimum absolute atomic E-state index is 0.0410. The lowest BCUT2D eigenvalue weighted by atomic mass is 10.1. The maximum Gasteiger partial charge on any atom is 0.263 e. The molecule has 0 atom stereocenters. The van der Waals surface area contributed by atoms with Crippen LogP contribution in [0.5, 0.6) is 0 Å². The van der Waals surface area contributed by atoms with Crippen molar-refractivity contribution in [2.24, 2.45) is 0 Å². The standard InChI is InChI=1S/C22H15F2N5OS/c1-13-21(31-12-27-13)22(30)26-11-15-3-5-16(10-17(15)23)29-8-7-19(28-29)14-4-6-20(25-2)18(24)9-14/h3-10,12H,11H2,1H3,(H,26,30). The van der Waals surface area contributed by atoms with Crippen LogP contribution in [0.3, 0.4) is 0 Å². The van der Waals surface area contributed by atoms with E-state index in [1.165, 1.54) is 34.2 Å². The Morgan fingerprint density at radius 2 is 2.03 bits per heavy atom. The Balaban J connectivity index is 1.50. The van der Waals surface area contributed by atoms with E-state index >= 15 is 0 Å². The van der Waals surface area contributed by atoms with Crippen molar-refractivity contribution in [1.82, 2.24) is 20.1 Å². The molecule has 0 aliphatic carbocycles. The molecule has 0 fully saturated rings. The first kappa shape index (κ1) is 20.4. The molecule has 0 saturated heterocycles. The van der Waals surface area contributed by atoms with Gasteiger partial charge in [-0.25, -0.2) is 23.3 Å². The van der Waals surface area contributed by atoms with Gasteiger partial charge in [-0.05, 0) is 31.2 Å². The zero-order valence-electron chi connectivity index (χ0n) is 16.3. The predicted molar refractivity (Wildman–Crippen MR) is 113 cm³/mol. The van der Waals surface area contributed by atoms with E-state index in [1.807, 2.05) is 0 Å². The number of amides is 1. The smallest absolute Gasteiger partial charge is 0.263 e. The van der Waals surface area contributed by atoms with Crippen LogP contribution in [0, 0.1) is 25.1 Å². The molecule has 0 bridgehead atoms. The Morgan fingerprint density at radius 3 is 2.71 bits per heavy atom. The van der Waals surface area contributed by atoms with Crippen molar-refractivity contribution in [3.63, 3.8) is 0 Å². The molecule has 0 radical (unpaired) electrons. The molecule has 0 unspecified atom stereocenters. The topological polar surface area (TPSA) is 64.2 Å². The first-order chi connectivity index (χ1) is 15.0. The molecule has 9 heteroatoms. The van der Waals surface area contributed by atoms with Gasteiger partial charge in [-0.3, -0.25) is 4.79 Å². The predicted octanol–water partition coefficient (Wildman–Crippen LogP) is 5.06. The van der Waals surface area contributed by atoms with E-state index in [1.54, 1.807) is 42.9 Å². The molecule has 0 saturated carbocycles. The van der Waals surface area contributed by atoms with E-state index in [9.17, 15) is 13.6 Å². The highest BCUT2D eigenvalue weighted by Crippen LogP contribution is 2.25. The van der Waals surface area contributed by atoms with Crippen molar-refractivity contribution in [3.05, 3.63) is 93.4 Å². The van der Waals surface area contributed by atoms with Gasteiger partial charge in [0.15, 0.2) is 0 Å². The highest BCUT2D eigenvalue weighted by Gasteiger charge is 2.13. The Labute approximate surface area is 180 Å². The number of hydrogen-bond acceptors (Lipinski definition) is 4. The van der Waals surface area contributed by atoms with Crippen LogP contribution in [0.15, 0.2) is 54.2 Å². The highest BCUT2D eigenvalue weighted by molar-refractivity contribution is 7.11. The molecule has 0 spiro atoms. The Morgan fingerprint density at radius 1 is 1.19 bits per heavy atom. The Kier molecular flexibility index (Phi) is 5.56. The second-order valence-electron chi connectivity index (χ2n) is 6.65. The van der Waals surface area contributed by atoms with Crippen molar-refractivity contribution in [2.45, 2.75) is 13.5 Å². The van der Waals surface area contributed by atoms with Gasteiger partial charge in [-0.1, -0.05) is 18.2 Å². The van der Waals surface area contributed by atoms with Gasteiger partial charge in [0.05, 0.1) is 29.2 Å². The van der Waals surface area contributed by atoms with Gasteiger partial charge in [0.1, 0.15) is 16.5 Å². The van der Waals surface area contributed by atoms with Crippen molar-refractivity contribution >= 4 is 22.9 Å². The van der Waals surface area contributed by atoms with E-state index in [0.29, 0.717) is 33.1 Å². The zero-order chi connectivity index (χ0) is 22.0. The van der Waals surface area contributed by atoms with E-state index in [0.717, 1.165) is 0 Å². The monoisotopic (exact) mass is 435 g/mol. The molecule has 31 heavy (non-hydrogen) atoms. The van der Waals surface area contributed by atoms with Gasteiger partial charge in [-0.15, -0.1) is 11.3 Å². The fourth-order valence-electron chi connectivity index (χ4n) is 2.98. The number of aromatic nitrogens is 3. The Hall–Kier alpha value is -3.90. The van der Waals surface area contributed by atoms with Crippen molar-refractivity contribution < 1.29 is 13.6 Å². The van der Waals surface area contributed by atoms with E-state index in [-0.39, 0.29) is 18.1 Å². The van der Waals surface area contributed by atoms with E-state index < -0.39 is 11.6 Å². The minimum atomic E-state index is -0.618. The molecule has 0 aliphatic rings. The van der Waals surface area contributed by atoms with Crippen LogP contribution in [0.25, 0.3) is 21.8 Å². The number of carbonyl (C=O) groups excluding carboxylic acids is 1. The lowest BCUT2D eigenvalue weighted by molar-refractivity contribution is 0.0954. The number of nitrogens with one attached hydrogen (secondary N) is 1. The van der Waals surface area contributed by atoms with Gasteiger partial charge in [0, 0.05) is 23.9 Å². The number of thiazole rings is 1. The second-order valence-corrected chi connectivity index (χ2v) is 7.50. The van der Waals surface area contributed by atoms with Gasteiger partial charge < -0.3 is 5.32 Å². The van der Waals surface area contributed by atoms with Crippen molar-refractivity contribution in [3.8, 4) is 16.9 Å². The molecule has 4 rings (SSSR count). The maximum absolute atomic E-state index is 14.6. The fraction of sp³-hybridized carbons (Fsp3) is 0.0909. The van der Waals surface area contributed by atoms with Gasteiger partial charge >= 0.3 is 0 Å². The molecule has 4 aromatic rings. The number of hydrogen-bond donors (Lipinski definition) is 1. The third-order valence-electron chi connectivity index (χ3n) is 4.65. The average molecular weight is 435 g/mol. The summed E-state index contributed by atoms with van der Waals surface area (Å²) in [6, 6.07) is 10.5. The molecular weight excluding hydrogens is 420 g/mol. The molecule has 1 N–H and O–H groups in total. The van der Waals surface area contributed by atoms with E-state index in [2.05, 4.69) is 20.2 Å². The molecule has 6 nitrogen and oxygen atoms in total. The average Bonchev–Trinajstić information content (AvgIpc) is 3.42. The number of nitrogens with zero attached hydrogens (tertiary/aromatic N) is 4. The summed E-state index contributed by atoms with van der Waals surface area (Å²) in [4.78, 5) is 19.8. The third kappa shape index (κ3) is 4.20. The third-order valence-corrected chi connectivity index (χ3v) is 5.57. The van der Waals surface area contributed by atoms with Gasteiger partial charge in [-0.2, -0.15) is 5.10 Å². The second kappa shape index (κ2) is 8.45. The largest absolute Gasteiger partial charge is 0.347 e. The van der Waals surface area contributed by atoms with Crippen LogP contribution in [0.2, 0.25) is 0 Å². The number of rotatable bonds is 5.